The summed E-state index contributed by atoms with van der Waals surface area (Å²) in [5.74, 6) is -2.45. The standard InChI is InChI=1S/C19H17ClF4N4O4/c1-9(29)8-28-17(19(22,23)24)10(7-25-28)16-14(18(30)27(2)31-3)15(26-32-16)13-11(20)5-4-6-12(13)21/h4-7,9,29H,8H2,1-3H3/t9-/m1/s1. The molecule has 2 heterocycles. The Kier molecular flexibility index (Phi) is 6.58. The predicted molar refractivity (Wildman–Crippen MR) is 104 cm³/mol. The van der Waals surface area contributed by atoms with Gasteiger partial charge in [0.2, 0.25) is 0 Å². The van der Waals surface area contributed by atoms with Gasteiger partial charge in [-0.05, 0) is 19.1 Å². The molecule has 0 aliphatic carbocycles. The monoisotopic (exact) mass is 476 g/mol. The van der Waals surface area contributed by atoms with Crippen molar-refractivity contribution < 1.29 is 36.8 Å². The van der Waals surface area contributed by atoms with E-state index >= 15 is 0 Å². The van der Waals surface area contributed by atoms with E-state index in [1.165, 1.54) is 26.1 Å². The number of hydroxylamine groups is 2. The molecule has 0 unspecified atom stereocenters. The van der Waals surface area contributed by atoms with Crippen LogP contribution in [-0.4, -0.2) is 51.3 Å². The lowest BCUT2D eigenvalue weighted by atomic mass is 10.0. The normalized spacial score (nSPS) is 12.8. The topological polar surface area (TPSA) is 93.6 Å². The minimum absolute atomic E-state index is 0.139. The number of carbonyl (C=O) groups excluding carboxylic acids is 1. The number of aliphatic hydroxyl groups excluding tert-OH is 1. The molecular weight excluding hydrogens is 460 g/mol. The Morgan fingerprint density at radius 3 is 2.66 bits per heavy atom. The summed E-state index contributed by atoms with van der Waals surface area (Å²) in [6.45, 7) is 0.812. The van der Waals surface area contributed by atoms with Crippen molar-refractivity contribution >= 4 is 17.5 Å². The highest BCUT2D eigenvalue weighted by Crippen LogP contribution is 2.42. The number of aliphatic hydroxyl groups is 1. The van der Waals surface area contributed by atoms with Gasteiger partial charge in [0.15, 0.2) is 11.5 Å². The minimum Gasteiger partial charge on any atom is -0.391 e. The van der Waals surface area contributed by atoms with E-state index in [1.54, 1.807) is 0 Å². The first-order valence-electron chi connectivity index (χ1n) is 9.05. The fourth-order valence-electron chi connectivity index (χ4n) is 3.05. The molecule has 1 amide bonds. The maximum atomic E-state index is 14.5. The Hall–Kier alpha value is -2.96. The molecule has 2 aromatic heterocycles. The molecule has 3 aromatic rings. The molecule has 1 aromatic carbocycles. The molecular formula is C19H17ClF4N4O4. The number of carbonyl (C=O) groups is 1. The molecule has 0 spiro atoms. The van der Waals surface area contributed by atoms with E-state index in [2.05, 4.69) is 10.3 Å². The number of nitrogens with zero attached hydrogens (tertiary/aromatic N) is 4. The van der Waals surface area contributed by atoms with Crippen molar-refractivity contribution in [2.45, 2.75) is 25.7 Å². The molecule has 32 heavy (non-hydrogen) atoms. The third kappa shape index (κ3) is 4.33. The van der Waals surface area contributed by atoms with Crippen molar-refractivity contribution in [2.24, 2.45) is 0 Å². The van der Waals surface area contributed by atoms with Crippen LogP contribution in [-0.2, 0) is 17.6 Å². The second-order valence-corrected chi connectivity index (χ2v) is 7.16. The molecule has 0 saturated heterocycles. The fourth-order valence-corrected chi connectivity index (χ4v) is 3.30. The van der Waals surface area contributed by atoms with Gasteiger partial charge in [-0.1, -0.05) is 22.8 Å². The van der Waals surface area contributed by atoms with Crippen molar-refractivity contribution in [1.29, 1.82) is 0 Å². The molecule has 8 nitrogen and oxygen atoms in total. The summed E-state index contributed by atoms with van der Waals surface area (Å²) in [7, 11) is 2.36. The number of aromatic nitrogens is 3. The average molecular weight is 477 g/mol. The van der Waals surface area contributed by atoms with Gasteiger partial charge in [0.25, 0.3) is 5.91 Å². The van der Waals surface area contributed by atoms with Crippen LogP contribution in [0.5, 0.6) is 0 Å². The van der Waals surface area contributed by atoms with Crippen LogP contribution in [0.2, 0.25) is 5.02 Å². The first-order chi connectivity index (χ1) is 15.0. The number of halogens is 5. The van der Waals surface area contributed by atoms with Crippen molar-refractivity contribution in [3.63, 3.8) is 0 Å². The Bertz CT molecular complexity index is 1120. The van der Waals surface area contributed by atoms with Gasteiger partial charge < -0.3 is 9.63 Å². The summed E-state index contributed by atoms with van der Waals surface area (Å²) in [6.07, 6.45) is -5.26. The second kappa shape index (κ2) is 8.88. The summed E-state index contributed by atoms with van der Waals surface area (Å²) in [6, 6.07) is 3.68. The van der Waals surface area contributed by atoms with Gasteiger partial charge in [-0.25, -0.2) is 9.45 Å². The summed E-state index contributed by atoms with van der Waals surface area (Å²) in [4.78, 5) is 17.8. The number of amides is 1. The SMILES string of the molecule is CON(C)C(=O)c1c(-c2c(F)cccc2Cl)noc1-c1cnn(C[C@@H](C)O)c1C(F)(F)F. The average Bonchev–Trinajstić information content (AvgIpc) is 3.30. The molecule has 1 N–H and O–H groups in total. The highest BCUT2D eigenvalue weighted by atomic mass is 35.5. The smallest absolute Gasteiger partial charge is 0.391 e. The van der Waals surface area contributed by atoms with Crippen LogP contribution in [0.4, 0.5) is 17.6 Å². The van der Waals surface area contributed by atoms with Gasteiger partial charge in [-0.2, -0.15) is 18.3 Å². The van der Waals surface area contributed by atoms with Crippen molar-refractivity contribution in [2.75, 3.05) is 14.2 Å². The van der Waals surface area contributed by atoms with Gasteiger partial charge >= 0.3 is 6.18 Å². The zero-order chi connectivity index (χ0) is 23.8. The highest BCUT2D eigenvalue weighted by molar-refractivity contribution is 6.33. The van der Waals surface area contributed by atoms with Crippen molar-refractivity contribution in [1.82, 2.24) is 20.0 Å². The van der Waals surface area contributed by atoms with E-state index in [-0.39, 0.29) is 10.6 Å². The molecule has 13 heteroatoms. The Balaban J connectivity index is 2.33. The number of benzene rings is 1. The third-order valence-corrected chi connectivity index (χ3v) is 4.77. The number of hydrogen-bond acceptors (Lipinski definition) is 6. The summed E-state index contributed by atoms with van der Waals surface area (Å²) < 4.78 is 61.9. The number of hydrogen-bond donors (Lipinski definition) is 1. The summed E-state index contributed by atoms with van der Waals surface area (Å²) in [5, 5.41) is 17.4. The molecule has 0 bridgehead atoms. The van der Waals surface area contributed by atoms with Gasteiger partial charge in [0.05, 0.1) is 42.1 Å². The van der Waals surface area contributed by atoms with E-state index in [9.17, 15) is 27.5 Å². The summed E-state index contributed by atoms with van der Waals surface area (Å²) >= 11 is 6.07. The van der Waals surface area contributed by atoms with Crippen LogP contribution in [0.3, 0.4) is 0 Å². The van der Waals surface area contributed by atoms with Gasteiger partial charge in [0.1, 0.15) is 17.1 Å². The maximum absolute atomic E-state index is 14.5. The van der Waals surface area contributed by atoms with Gasteiger partial charge in [-0.15, -0.1) is 0 Å². The van der Waals surface area contributed by atoms with Crippen LogP contribution in [0.1, 0.15) is 23.0 Å². The Labute approximate surface area is 183 Å². The number of rotatable bonds is 6. The molecule has 172 valence electrons. The third-order valence-electron chi connectivity index (χ3n) is 4.46. The lowest BCUT2D eigenvalue weighted by Crippen LogP contribution is -2.26. The van der Waals surface area contributed by atoms with Crippen molar-refractivity contribution in [3.05, 3.63) is 46.5 Å². The first-order valence-corrected chi connectivity index (χ1v) is 9.42. The molecule has 0 radical (unpaired) electrons. The molecule has 1 atom stereocenters. The largest absolute Gasteiger partial charge is 0.433 e. The zero-order valence-electron chi connectivity index (χ0n) is 16.9. The Morgan fingerprint density at radius 1 is 1.41 bits per heavy atom. The second-order valence-electron chi connectivity index (χ2n) is 6.75. The lowest BCUT2D eigenvalue weighted by molar-refractivity contribution is -0.144. The predicted octanol–water partition coefficient (Wildman–Crippen LogP) is 4.03. The number of alkyl halides is 3. The van der Waals surface area contributed by atoms with Gasteiger partial charge in [-0.3, -0.25) is 14.3 Å². The van der Waals surface area contributed by atoms with Crippen LogP contribution in [0, 0.1) is 5.82 Å². The van der Waals surface area contributed by atoms with Crippen LogP contribution in [0.25, 0.3) is 22.6 Å². The molecule has 0 saturated carbocycles. The fraction of sp³-hybridized carbons (Fsp3) is 0.316. The minimum atomic E-state index is -4.93. The molecule has 0 aliphatic rings. The van der Waals surface area contributed by atoms with Crippen LogP contribution >= 0.6 is 11.6 Å². The van der Waals surface area contributed by atoms with E-state index in [4.69, 9.17) is 21.0 Å². The maximum Gasteiger partial charge on any atom is 0.433 e. The van der Waals surface area contributed by atoms with E-state index in [0.29, 0.717) is 9.75 Å². The molecule has 0 aliphatic heterocycles. The lowest BCUT2D eigenvalue weighted by Gasteiger charge is -2.16. The zero-order valence-corrected chi connectivity index (χ0v) is 17.7. The highest BCUT2D eigenvalue weighted by Gasteiger charge is 2.42. The molecule has 0 fully saturated rings. The first kappa shape index (κ1) is 23.7. The van der Waals surface area contributed by atoms with E-state index in [1.807, 2.05) is 0 Å². The Morgan fingerprint density at radius 2 is 2.09 bits per heavy atom. The van der Waals surface area contributed by atoms with E-state index < -0.39 is 58.8 Å². The molecule has 3 rings (SSSR count). The van der Waals surface area contributed by atoms with Crippen molar-refractivity contribution in [3.8, 4) is 22.6 Å². The van der Waals surface area contributed by atoms with E-state index in [0.717, 1.165) is 19.4 Å². The quantitative estimate of drug-likeness (QED) is 0.426. The van der Waals surface area contributed by atoms with Crippen LogP contribution in [0.15, 0.2) is 28.9 Å². The van der Waals surface area contributed by atoms with Gasteiger partial charge in [0, 0.05) is 7.05 Å². The van der Waals surface area contributed by atoms with Crippen LogP contribution < -0.4 is 0 Å². The summed E-state index contributed by atoms with van der Waals surface area (Å²) in [5.41, 5.74) is -3.16.